The zero-order valence-corrected chi connectivity index (χ0v) is 14.6. The summed E-state index contributed by atoms with van der Waals surface area (Å²) < 4.78 is 0. The lowest BCUT2D eigenvalue weighted by Crippen LogP contribution is -2.25. The molecule has 2 aromatic rings. The molecule has 0 spiro atoms. The molecule has 1 aromatic carbocycles. The van der Waals surface area contributed by atoms with Gasteiger partial charge in [-0.25, -0.2) is 4.98 Å². The third kappa shape index (κ3) is 4.94. The van der Waals surface area contributed by atoms with Crippen LogP contribution in [0.4, 0.5) is 0 Å². The Bertz CT molecular complexity index is 567. The fraction of sp³-hybridized carbons (Fsp3) is 0.500. The summed E-state index contributed by atoms with van der Waals surface area (Å²) in [6.07, 6.45) is 1.12. The van der Waals surface area contributed by atoms with Gasteiger partial charge in [0.2, 0.25) is 0 Å². The fourth-order valence-electron chi connectivity index (χ4n) is 2.56. The summed E-state index contributed by atoms with van der Waals surface area (Å²) in [7, 11) is 0. The van der Waals surface area contributed by atoms with Crippen molar-refractivity contribution in [1.29, 1.82) is 0 Å². The van der Waals surface area contributed by atoms with Crippen LogP contribution < -0.4 is 5.32 Å². The number of hydrogen-bond donors (Lipinski definition) is 1. The first-order chi connectivity index (χ1) is 9.85. The van der Waals surface area contributed by atoms with E-state index in [2.05, 4.69) is 75.3 Å². The zero-order valence-electron chi connectivity index (χ0n) is 13.7. The molecule has 3 heteroatoms. The molecular formula is C18H26N2S. The molecule has 0 saturated heterocycles. The molecule has 0 amide bonds. The lowest BCUT2D eigenvalue weighted by atomic mass is 9.85. The van der Waals surface area contributed by atoms with Crippen LogP contribution in [0, 0.1) is 19.3 Å². The van der Waals surface area contributed by atoms with Gasteiger partial charge in [-0.15, -0.1) is 11.3 Å². The predicted octanol–water partition coefficient (Wildman–Crippen LogP) is 5.03. The quantitative estimate of drug-likeness (QED) is 0.838. The summed E-state index contributed by atoms with van der Waals surface area (Å²) in [5, 5.41) is 4.88. The van der Waals surface area contributed by atoms with Gasteiger partial charge >= 0.3 is 0 Å². The van der Waals surface area contributed by atoms with Crippen molar-refractivity contribution in [3.63, 3.8) is 0 Å². The summed E-state index contributed by atoms with van der Waals surface area (Å²) in [6.45, 7) is 12.0. The Kier molecular flexibility index (Phi) is 5.17. The maximum absolute atomic E-state index is 4.51. The molecule has 0 saturated carbocycles. The highest BCUT2D eigenvalue weighted by atomic mass is 32.1. The Morgan fingerprint density at radius 3 is 2.33 bits per heavy atom. The third-order valence-electron chi connectivity index (χ3n) is 3.53. The number of nitrogens with zero attached hydrogens (tertiary/aromatic N) is 1. The SMILES string of the molecule is Cc1nc(C)c(CNC(CC(C)(C)C)c2ccccc2)s1. The minimum absolute atomic E-state index is 0.298. The van der Waals surface area contributed by atoms with Crippen molar-refractivity contribution in [2.75, 3.05) is 0 Å². The van der Waals surface area contributed by atoms with E-state index in [1.54, 1.807) is 11.3 Å². The second-order valence-electron chi connectivity index (χ2n) is 6.85. The smallest absolute Gasteiger partial charge is 0.0900 e. The van der Waals surface area contributed by atoms with E-state index in [0.717, 1.165) is 23.7 Å². The molecule has 21 heavy (non-hydrogen) atoms. The number of hydrogen-bond acceptors (Lipinski definition) is 3. The molecule has 0 fully saturated rings. The molecule has 0 aliphatic heterocycles. The Morgan fingerprint density at radius 1 is 1.14 bits per heavy atom. The first-order valence-corrected chi connectivity index (χ1v) is 8.38. The van der Waals surface area contributed by atoms with Gasteiger partial charge in [0.25, 0.3) is 0 Å². The summed E-state index contributed by atoms with van der Waals surface area (Å²) in [6, 6.07) is 11.1. The number of benzene rings is 1. The number of aromatic nitrogens is 1. The van der Waals surface area contributed by atoms with E-state index in [-0.39, 0.29) is 0 Å². The van der Waals surface area contributed by atoms with Crippen LogP contribution in [-0.2, 0) is 6.54 Å². The topological polar surface area (TPSA) is 24.9 Å². The van der Waals surface area contributed by atoms with Crippen molar-refractivity contribution in [3.8, 4) is 0 Å². The van der Waals surface area contributed by atoms with Crippen molar-refractivity contribution < 1.29 is 0 Å². The summed E-state index contributed by atoms with van der Waals surface area (Å²) >= 11 is 1.80. The maximum atomic E-state index is 4.51. The van der Waals surface area contributed by atoms with Crippen LogP contribution in [0.5, 0.6) is 0 Å². The zero-order chi connectivity index (χ0) is 15.5. The van der Waals surface area contributed by atoms with Gasteiger partial charge in [-0.2, -0.15) is 0 Å². The van der Waals surface area contributed by atoms with Gasteiger partial charge in [-0.05, 0) is 31.2 Å². The van der Waals surface area contributed by atoms with Crippen LogP contribution in [-0.4, -0.2) is 4.98 Å². The van der Waals surface area contributed by atoms with E-state index in [4.69, 9.17) is 0 Å². The normalized spacial score (nSPS) is 13.4. The van der Waals surface area contributed by atoms with Crippen LogP contribution in [0.25, 0.3) is 0 Å². The van der Waals surface area contributed by atoms with Crippen molar-refractivity contribution >= 4 is 11.3 Å². The highest BCUT2D eigenvalue weighted by molar-refractivity contribution is 7.11. The Labute approximate surface area is 132 Å². The molecule has 1 heterocycles. The lowest BCUT2D eigenvalue weighted by Gasteiger charge is -2.27. The standard InChI is InChI=1S/C18H26N2S/c1-13-17(21-14(2)20-13)12-19-16(11-18(3,4)5)15-9-7-6-8-10-15/h6-10,16,19H,11-12H2,1-5H3. The minimum Gasteiger partial charge on any atom is -0.305 e. The van der Waals surface area contributed by atoms with Gasteiger partial charge in [0.15, 0.2) is 0 Å². The Hall–Kier alpha value is -1.19. The highest BCUT2D eigenvalue weighted by Gasteiger charge is 2.20. The predicted molar refractivity (Wildman–Crippen MR) is 91.7 cm³/mol. The number of thiazole rings is 1. The van der Waals surface area contributed by atoms with E-state index in [0.29, 0.717) is 11.5 Å². The number of rotatable bonds is 5. The van der Waals surface area contributed by atoms with Crippen molar-refractivity contribution in [2.24, 2.45) is 5.41 Å². The molecule has 1 unspecified atom stereocenters. The molecule has 1 N–H and O–H groups in total. The van der Waals surface area contributed by atoms with E-state index in [1.165, 1.54) is 10.4 Å². The largest absolute Gasteiger partial charge is 0.305 e. The van der Waals surface area contributed by atoms with Gasteiger partial charge in [0.1, 0.15) is 0 Å². The first kappa shape index (κ1) is 16.2. The van der Waals surface area contributed by atoms with Gasteiger partial charge in [-0.3, -0.25) is 0 Å². The molecule has 0 aliphatic rings. The molecule has 1 atom stereocenters. The third-order valence-corrected chi connectivity index (χ3v) is 4.60. The van der Waals surface area contributed by atoms with Crippen molar-refractivity contribution in [1.82, 2.24) is 10.3 Å². The van der Waals surface area contributed by atoms with Gasteiger partial charge < -0.3 is 5.32 Å². The summed E-state index contributed by atoms with van der Waals surface area (Å²) in [5.74, 6) is 0. The second kappa shape index (κ2) is 6.71. The lowest BCUT2D eigenvalue weighted by molar-refractivity contribution is 0.310. The average molecular weight is 302 g/mol. The van der Waals surface area contributed by atoms with Crippen LogP contribution in [0.2, 0.25) is 0 Å². The van der Waals surface area contributed by atoms with Crippen LogP contribution in [0.3, 0.4) is 0 Å². The van der Waals surface area contributed by atoms with Gasteiger partial charge in [0, 0.05) is 17.5 Å². The maximum Gasteiger partial charge on any atom is 0.0900 e. The summed E-state index contributed by atoms with van der Waals surface area (Å²) in [4.78, 5) is 5.86. The number of nitrogens with one attached hydrogen (secondary N) is 1. The van der Waals surface area contributed by atoms with E-state index < -0.39 is 0 Å². The Balaban J connectivity index is 2.11. The van der Waals surface area contributed by atoms with Crippen molar-refractivity contribution in [3.05, 3.63) is 51.5 Å². The first-order valence-electron chi connectivity index (χ1n) is 7.56. The van der Waals surface area contributed by atoms with Gasteiger partial charge in [0.05, 0.1) is 10.7 Å². The van der Waals surface area contributed by atoms with Gasteiger partial charge in [-0.1, -0.05) is 51.1 Å². The number of aryl methyl sites for hydroxylation is 2. The fourth-order valence-corrected chi connectivity index (χ4v) is 3.45. The highest BCUT2D eigenvalue weighted by Crippen LogP contribution is 2.30. The monoisotopic (exact) mass is 302 g/mol. The molecule has 0 bridgehead atoms. The van der Waals surface area contributed by atoms with Crippen LogP contribution in [0.1, 0.15) is 54.4 Å². The second-order valence-corrected chi connectivity index (χ2v) is 8.14. The van der Waals surface area contributed by atoms with E-state index in [9.17, 15) is 0 Å². The Morgan fingerprint density at radius 2 is 1.81 bits per heavy atom. The van der Waals surface area contributed by atoms with Crippen molar-refractivity contribution in [2.45, 2.75) is 53.6 Å². The molecule has 114 valence electrons. The van der Waals surface area contributed by atoms with E-state index >= 15 is 0 Å². The van der Waals surface area contributed by atoms with Crippen LogP contribution in [0.15, 0.2) is 30.3 Å². The molecular weight excluding hydrogens is 276 g/mol. The summed E-state index contributed by atoms with van der Waals surface area (Å²) in [5.41, 5.74) is 2.82. The molecule has 2 rings (SSSR count). The molecule has 0 aliphatic carbocycles. The molecule has 1 aromatic heterocycles. The molecule has 0 radical (unpaired) electrons. The average Bonchev–Trinajstić information content (AvgIpc) is 2.73. The molecule has 2 nitrogen and oxygen atoms in total. The van der Waals surface area contributed by atoms with E-state index in [1.807, 2.05) is 0 Å². The van der Waals surface area contributed by atoms with Crippen LogP contribution >= 0.6 is 11.3 Å². The minimum atomic E-state index is 0.298.